The van der Waals surface area contributed by atoms with Crippen LogP contribution in [0.2, 0.25) is 0 Å². The van der Waals surface area contributed by atoms with Crippen molar-refractivity contribution in [3.63, 3.8) is 0 Å². The van der Waals surface area contributed by atoms with Crippen molar-refractivity contribution in [2.45, 2.75) is 6.92 Å². The van der Waals surface area contributed by atoms with Gasteiger partial charge >= 0.3 is 5.63 Å². The minimum absolute atomic E-state index is 0.359. The van der Waals surface area contributed by atoms with Crippen molar-refractivity contribution in [1.82, 2.24) is 0 Å². The molecule has 0 aliphatic rings. The number of methoxy groups -OCH3 is 1. The first-order chi connectivity index (χ1) is 13.7. The molecule has 0 bridgehead atoms. The molecule has 0 aliphatic carbocycles. The third kappa shape index (κ3) is 3.47. The van der Waals surface area contributed by atoms with Gasteiger partial charge in [0.15, 0.2) is 0 Å². The second-order valence-corrected chi connectivity index (χ2v) is 6.65. The van der Waals surface area contributed by atoms with Gasteiger partial charge in [0.05, 0.1) is 12.7 Å². The van der Waals surface area contributed by atoms with Crippen LogP contribution in [0.4, 0.5) is 0 Å². The number of benzene rings is 3. The van der Waals surface area contributed by atoms with Gasteiger partial charge in [-0.3, -0.25) is 0 Å². The van der Waals surface area contributed by atoms with E-state index >= 15 is 0 Å². The van der Waals surface area contributed by atoms with Crippen LogP contribution in [-0.4, -0.2) is 7.11 Å². The Kier molecular flexibility index (Phi) is 4.81. The average Bonchev–Trinajstić information content (AvgIpc) is 2.74. The quantitative estimate of drug-likeness (QED) is 0.446. The fraction of sp³-hybridized carbons (Fsp3) is 0.0800. The summed E-state index contributed by atoms with van der Waals surface area (Å²) < 4.78 is 11.0. The zero-order chi connectivity index (χ0) is 19.5. The molecule has 3 heteroatoms. The molecule has 0 saturated heterocycles. The van der Waals surface area contributed by atoms with Crippen molar-refractivity contribution in [3.05, 3.63) is 101 Å². The summed E-state index contributed by atoms with van der Waals surface area (Å²) in [5.41, 5.74) is 4.83. The van der Waals surface area contributed by atoms with E-state index < -0.39 is 0 Å². The SMILES string of the molecule is COc1ccc(-c2c(-c3ccccc3)cc(-c3ccc(C)cc3)oc2=O)cc1. The van der Waals surface area contributed by atoms with Crippen LogP contribution in [0.15, 0.2) is 94.1 Å². The maximum absolute atomic E-state index is 13.0. The summed E-state index contributed by atoms with van der Waals surface area (Å²) in [5.74, 6) is 1.30. The van der Waals surface area contributed by atoms with Gasteiger partial charge in [-0.1, -0.05) is 72.3 Å². The van der Waals surface area contributed by atoms with Crippen LogP contribution in [0.5, 0.6) is 5.75 Å². The van der Waals surface area contributed by atoms with Crippen molar-refractivity contribution in [3.8, 4) is 39.3 Å². The summed E-state index contributed by atoms with van der Waals surface area (Å²) in [6.07, 6.45) is 0. The van der Waals surface area contributed by atoms with E-state index in [4.69, 9.17) is 9.15 Å². The topological polar surface area (TPSA) is 39.4 Å². The molecule has 4 aromatic rings. The van der Waals surface area contributed by atoms with E-state index in [2.05, 4.69) is 0 Å². The van der Waals surface area contributed by atoms with Crippen molar-refractivity contribution >= 4 is 0 Å². The molecular weight excluding hydrogens is 348 g/mol. The lowest BCUT2D eigenvalue weighted by atomic mass is 9.95. The Morgan fingerprint density at radius 2 is 1.39 bits per heavy atom. The zero-order valence-corrected chi connectivity index (χ0v) is 15.8. The molecule has 0 fully saturated rings. The Balaban J connectivity index is 1.94. The molecule has 0 unspecified atom stereocenters. The molecule has 1 aromatic heterocycles. The Bertz CT molecular complexity index is 1140. The highest BCUT2D eigenvalue weighted by atomic mass is 16.5. The average molecular weight is 368 g/mol. The Morgan fingerprint density at radius 1 is 0.750 bits per heavy atom. The lowest BCUT2D eigenvalue weighted by Crippen LogP contribution is -2.06. The summed E-state index contributed by atoms with van der Waals surface area (Å²) in [6.45, 7) is 2.03. The summed E-state index contributed by atoms with van der Waals surface area (Å²) >= 11 is 0. The van der Waals surface area contributed by atoms with E-state index in [1.807, 2.05) is 91.9 Å². The molecule has 0 atom stereocenters. The zero-order valence-electron chi connectivity index (χ0n) is 15.8. The van der Waals surface area contributed by atoms with Crippen LogP contribution in [0.1, 0.15) is 5.56 Å². The summed E-state index contributed by atoms with van der Waals surface area (Å²) in [7, 11) is 1.62. The molecule has 0 radical (unpaired) electrons. The van der Waals surface area contributed by atoms with Gasteiger partial charge in [0.1, 0.15) is 11.5 Å². The van der Waals surface area contributed by atoms with Gasteiger partial charge < -0.3 is 9.15 Å². The van der Waals surface area contributed by atoms with E-state index in [0.717, 1.165) is 33.6 Å². The molecule has 28 heavy (non-hydrogen) atoms. The largest absolute Gasteiger partial charge is 0.497 e. The molecule has 138 valence electrons. The molecule has 0 aliphatic heterocycles. The number of aryl methyl sites for hydroxylation is 1. The van der Waals surface area contributed by atoms with Gasteiger partial charge in [-0.25, -0.2) is 4.79 Å². The third-order valence-electron chi connectivity index (χ3n) is 4.75. The molecule has 0 saturated carbocycles. The number of hydrogen-bond donors (Lipinski definition) is 0. The predicted molar refractivity (Wildman–Crippen MR) is 113 cm³/mol. The van der Waals surface area contributed by atoms with Gasteiger partial charge in [0.25, 0.3) is 0 Å². The Labute approximate surface area is 163 Å². The van der Waals surface area contributed by atoms with Crippen molar-refractivity contribution in [1.29, 1.82) is 0 Å². The fourth-order valence-corrected chi connectivity index (χ4v) is 3.23. The highest BCUT2D eigenvalue weighted by Gasteiger charge is 2.16. The number of hydrogen-bond acceptors (Lipinski definition) is 3. The molecular formula is C25H20O3. The van der Waals surface area contributed by atoms with Crippen molar-refractivity contribution < 1.29 is 9.15 Å². The van der Waals surface area contributed by atoms with Gasteiger partial charge in [0.2, 0.25) is 0 Å². The van der Waals surface area contributed by atoms with Crippen LogP contribution in [0.3, 0.4) is 0 Å². The van der Waals surface area contributed by atoms with Gasteiger partial charge in [-0.15, -0.1) is 0 Å². The number of ether oxygens (including phenoxy) is 1. The Morgan fingerprint density at radius 3 is 2.04 bits per heavy atom. The smallest absolute Gasteiger partial charge is 0.344 e. The van der Waals surface area contributed by atoms with Crippen LogP contribution >= 0.6 is 0 Å². The molecule has 1 heterocycles. The highest BCUT2D eigenvalue weighted by Crippen LogP contribution is 2.33. The van der Waals surface area contributed by atoms with Crippen molar-refractivity contribution in [2.75, 3.05) is 7.11 Å². The lowest BCUT2D eigenvalue weighted by Gasteiger charge is -2.12. The predicted octanol–water partition coefficient (Wildman–Crippen LogP) is 5.96. The van der Waals surface area contributed by atoms with E-state index in [1.54, 1.807) is 7.11 Å². The minimum atomic E-state index is -0.359. The van der Waals surface area contributed by atoms with E-state index in [9.17, 15) is 4.79 Å². The minimum Gasteiger partial charge on any atom is -0.497 e. The van der Waals surface area contributed by atoms with Gasteiger partial charge in [0, 0.05) is 11.1 Å². The summed E-state index contributed by atoms with van der Waals surface area (Å²) in [5, 5.41) is 0. The van der Waals surface area contributed by atoms with E-state index in [1.165, 1.54) is 0 Å². The van der Waals surface area contributed by atoms with Gasteiger partial charge in [-0.05, 0) is 36.2 Å². The second kappa shape index (κ2) is 7.57. The Hall–Kier alpha value is -3.59. The third-order valence-corrected chi connectivity index (χ3v) is 4.75. The van der Waals surface area contributed by atoms with Crippen molar-refractivity contribution in [2.24, 2.45) is 0 Å². The van der Waals surface area contributed by atoms with Crippen LogP contribution in [-0.2, 0) is 0 Å². The molecule has 4 rings (SSSR count). The first-order valence-corrected chi connectivity index (χ1v) is 9.11. The van der Waals surface area contributed by atoms with Crippen LogP contribution in [0, 0.1) is 6.92 Å². The summed E-state index contributed by atoms with van der Waals surface area (Å²) in [4.78, 5) is 13.0. The monoisotopic (exact) mass is 368 g/mol. The maximum atomic E-state index is 13.0. The van der Waals surface area contributed by atoms with Crippen LogP contribution in [0.25, 0.3) is 33.6 Å². The first kappa shape index (κ1) is 17.8. The molecule has 0 spiro atoms. The second-order valence-electron chi connectivity index (χ2n) is 6.65. The molecule has 0 amide bonds. The highest BCUT2D eigenvalue weighted by molar-refractivity contribution is 5.84. The summed E-state index contributed by atoms with van der Waals surface area (Å²) in [6, 6.07) is 27.2. The molecule has 0 N–H and O–H groups in total. The van der Waals surface area contributed by atoms with Gasteiger partial charge in [-0.2, -0.15) is 0 Å². The van der Waals surface area contributed by atoms with E-state index in [0.29, 0.717) is 11.3 Å². The first-order valence-electron chi connectivity index (χ1n) is 9.11. The molecule has 3 aromatic carbocycles. The van der Waals surface area contributed by atoms with Crippen LogP contribution < -0.4 is 10.4 Å². The van der Waals surface area contributed by atoms with E-state index in [-0.39, 0.29) is 5.63 Å². The maximum Gasteiger partial charge on any atom is 0.344 e. The standard InChI is InChI=1S/C25H20O3/c1-17-8-10-19(11-9-17)23-16-22(18-6-4-3-5-7-18)24(25(26)28-23)20-12-14-21(27-2)15-13-20/h3-16H,1-2H3. The normalized spacial score (nSPS) is 10.6. The number of rotatable bonds is 4. The fourth-order valence-electron chi connectivity index (χ4n) is 3.23. The molecule has 3 nitrogen and oxygen atoms in total. The lowest BCUT2D eigenvalue weighted by molar-refractivity contribution is 0.415.